The zero-order valence-electron chi connectivity index (χ0n) is 16.2. The van der Waals surface area contributed by atoms with Crippen molar-refractivity contribution in [1.82, 2.24) is 4.57 Å². The molecule has 0 fully saturated rings. The second-order valence-electron chi connectivity index (χ2n) is 7.33. The van der Waals surface area contributed by atoms with Crippen molar-refractivity contribution in [3.05, 3.63) is 52.8 Å². The molecule has 2 rings (SSSR count). The highest BCUT2D eigenvalue weighted by Crippen LogP contribution is 2.29. The van der Waals surface area contributed by atoms with Gasteiger partial charge in [0.15, 0.2) is 5.96 Å². The molecule has 0 atom stereocenters. The van der Waals surface area contributed by atoms with Crippen LogP contribution in [0.1, 0.15) is 48.1 Å². The number of methoxy groups -OCH3 is 1. The lowest BCUT2D eigenvalue weighted by Crippen LogP contribution is -2.24. The van der Waals surface area contributed by atoms with Gasteiger partial charge >= 0.3 is 0 Å². The summed E-state index contributed by atoms with van der Waals surface area (Å²) in [5, 5.41) is 0. The first-order chi connectivity index (χ1) is 12.1. The van der Waals surface area contributed by atoms with Gasteiger partial charge in [-0.05, 0) is 31.0 Å². The Morgan fingerprint density at radius 3 is 2.46 bits per heavy atom. The van der Waals surface area contributed by atoms with Crippen molar-refractivity contribution < 1.29 is 9.53 Å². The van der Waals surface area contributed by atoms with E-state index in [2.05, 4.69) is 36.4 Å². The van der Waals surface area contributed by atoms with Crippen molar-refractivity contribution in [2.24, 2.45) is 16.5 Å². The van der Waals surface area contributed by atoms with Crippen LogP contribution >= 0.6 is 0 Å². The van der Waals surface area contributed by atoms with Crippen molar-refractivity contribution >= 4 is 11.9 Å². The van der Waals surface area contributed by atoms with Crippen LogP contribution in [-0.2, 0) is 18.4 Å². The van der Waals surface area contributed by atoms with Crippen molar-refractivity contribution in [2.45, 2.75) is 46.1 Å². The molecule has 0 bridgehead atoms. The molecule has 26 heavy (non-hydrogen) atoms. The third-order valence-electron chi connectivity index (χ3n) is 4.39. The van der Waals surface area contributed by atoms with Gasteiger partial charge in [-0.2, -0.15) is 4.99 Å². The standard InChI is InChI=1S/C20H28N4O2/c1-13-15(18(25)23-19(21)22)12-17(20(2,3)4)24(13)11-10-14-8-6-7-9-16(14)26-5/h6-9,12H,10-11H2,1-5H3,(H4,21,22,23,25). The number of rotatable bonds is 5. The lowest BCUT2D eigenvalue weighted by Gasteiger charge is -2.23. The number of ether oxygens (including phenoxy) is 1. The van der Waals surface area contributed by atoms with Crippen LogP contribution in [0.25, 0.3) is 0 Å². The summed E-state index contributed by atoms with van der Waals surface area (Å²) in [6.45, 7) is 9.02. The number of aromatic nitrogens is 1. The number of carbonyl (C=O) groups excluding carboxylic acids is 1. The Labute approximate surface area is 154 Å². The molecule has 2 aromatic rings. The largest absolute Gasteiger partial charge is 0.496 e. The number of para-hydroxylation sites is 1. The van der Waals surface area contributed by atoms with E-state index in [9.17, 15) is 4.79 Å². The van der Waals surface area contributed by atoms with E-state index in [1.807, 2.05) is 31.2 Å². The molecule has 0 aliphatic carbocycles. The Kier molecular flexibility index (Phi) is 5.75. The van der Waals surface area contributed by atoms with Gasteiger partial charge in [-0.3, -0.25) is 4.79 Å². The molecular formula is C20H28N4O2. The summed E-state index contributed by atoms with van der Waals surface area (Å²) in [5.41, 5.74) is 14.2. The van der Waals surface area contributed by atoms with Gasteiger partial charge < -0.3 is 20.8 Å². The molecule has 6 heteroatoms. The van der Waals surface area contributed by atoms with Crippen molar-refractivity contribution in [3.8, 4) is 5.75 Å². The Hall–Kier alpha value is -2.76. The van der Waals surface area contributed by atoms with Gasteiger partial charge in [-0.1, -0.05) is 39.0 Å². The highest BCUT2D eigenvalue weighted by molar-refractivity contribution is 6.02. The zero-order chi connectivity index (χ0) is 19.5. The summed E-state index contributed by atoms with van der Waals surface area (Å²) in [6.07, 6.45) is 0.790. The number of amides is 1. The molecule has 1 heterocycles. The maximum Gasteiger partial charge on any atom is 0.282 e. The Morgan fingerprint density at radius 2 is 1.88 bits per heavy atom. The number of hydrogen-bond donors (Lipinski definition) is 2. The van der Waals surface area contributed by atoms with Gasteiger partial charge in [0.2, 0.25) is 0 Å². The van der Waals surface area contributed by atoms with E-state index in [0.717, 1.165) is 35.7 Å². The molecule has 1 amide bonds. The van der Waals surface area contributed by atoms with Crippen LogP contribution in [0, 0.1) is 6.92 Å². The number of nitrogens with zero attached hydrogens (tertiary/aromatic N) is 2. The quantitative estimate of drug-likeness (QED) is 0.636. The van der Waals surface area contributed by atoms with Crippen LogP contribution in [0.4, 0.5) is 0 Å². The summed E-state index contributed by atoms with van der Waals surface area (Å²) < 4.78 is 7.61. The SMILES string of the molecule is COc1ccccc1CCn1c(C(C)(C)C)cc(C(=O)N=C(N)N)c1C. The lowest BCUT2D eigenvalue weighted by molar-refractivity contribution is 0.100. The van der Waals surface area contributed by atoms with Crippen molar-refractivity contribution in [1.29, 1.82) is 0 Å². The Bertz CT molecular complexity index is 825. The van der Waals surface area contributed by atoms with E-state index < -0.39 is 5.91 Å². The van der Waals surface area contributed by atoms with Crippen LogP contribution in [0.3, 0.4) is 0 Å². The van der Waals surface area contributed by atoms with E-state index in [-0.39, 0.29) is 11.4 Å². The van der Waals surface area contributed by atoms with E-state index in [1.165, 1.54) is 0 Å². The average Bonchev–Trinajstić information content (AvgIpc) is 2.89. The molecule has 0 radical (unpaired) electrons. The fourth-order valence-corrected chi connectivity index (χ4v) is 3.09. The van der Waals surface area contributed by atoms with Crippen LogP contribution in [0.2, 0.25) is 0 Å². The second-order valence-corrected chi connectivity index (χ2v) is 7.33. The predicted molar refractivity (Wildman–Crippen MR) is 105 cm³/mol. The van der Waals surface area contributed by atoms with Crippen LogP contribution in [0.15, 0.2) is 35.3 Å². The van der Waals surface area contributed by atoms with E-state index in [1.54, 1.807) is 7.11 Å². The maximum absolute atomic E-state index is 12.4. The summed E-state index contributed by atoms with van der Waals surface area (Å²) in [7, 11) is 1.67. The summed E-state index contributed by atoms with van der Waals surface area (Å²) >= 11 is 0. The molecule has 0 saturated heterocycles. The van der Waals surface area contributed by atoms with Gasteiger partial charge in [0.1, 0.15) is 5.75 Å². The van der Waals surface area contributed by atoms with Gasteiger partial charge in [0.25, 0.3) is 5.91 Å². The van der Waals surface area contributed by atoms with Gasteiger partial charge in [0.05, 0.1) is 12.7 Å². The van der Waals surface area contributed by atoms with Crippen LogP contribution in [0.5, 0.6) is 5.75 Å². The molecule has 0 saturated carbocycles. The van der Waals surface area contributed by atoms with Gasteiger partial charge in [-0.25, -0.2) is 0 Å². The molecule has 1 aromatic carbocycles. The molecular weight excluding hydrogens is 328 g/mol. The molecule has 0 aliphatic heterocycles. The molecule has 4 N–H and O–H groups in total. The fraction of sp³-hybridized carbons (Fsp3) is 0.400. The van der Waals surface area contributed by atoms with E-state index in [4.69, 9.17) is 16.2 Å². The number of aliphatic imine (C=N–C) groups is 1. The normalized spacial score (nSPS) is 11.3. The minimum atomic E-state index is -0.413. The lowest BCUT2D eigenvalue weighted by atomic mass is 9.91. The monoisotopic (exact) mass is 356 g/mol. The van der Waals surface area contributed by atoms with E-state index >= 15 is 0 Å². The van der Waals surface area contributed by atoms with Gasteiger partial charge in [-0.15, -0.1) is 0 Å². The minimum Gasteiger partial charge on any atom is -0.496 e. The number of aryl methyl sites for hydroxylation is 1. The first-order valence-electron chi connectivity index (χ1n) is 8.61. The zero-order valence-corrected chi connectivity index (χ0v) is 16.2. The third-order valence-corrected chi connectivity index (χ3v) is 4.39. The van der Waals surface area contributed by atoms with Crippen molar-refractivity contribution in [2.75, 3.05) is 7.11 Å². The molecule has 0 unspecified atom stereocenters. The summed E-state index contributed by atoms with van der Waals surface area (Å²) in [4.78, 5) is 16.1. The second kappa shape index (κ2) is 7.64. The topological polar surface area (TPSA) is 95.6 Å². The maximum atomic E-state index is 12.4. The van der Waals surface area contributed by atoms with Crippen LogP contribution in [-0.4, -0.2) is 23.5 Å². The first-order valence-corrected chi connectivity index (χ1v) is 8.61. The smallest absolute Gasteiger partial charge is 0.282 e. The van der Waals surface area contributed by atoms with Crippen molar-refractivity contribution in [3.63, 3.8) is 0 Å². The summed E-state index contributed by atoms with van der Waals surface area (Å²) in [6, 6.07) is 9.86. The Balaban J connectivity index is 2.42. The summed E-state index contributed by atoms with van der Waals surface area (Å²) in [5.74, 6) is 0.226. The van der Waals surface area contributed by atoms with Crippen LogP contribution < -0.4 is 16.2 Å². The predicted octanol–water partition coefficient (Wildman–Crippen LogP) is 2.76. The molecule has 0 spiro atoms. The Morgan fingerprint density at radius 1 is 1.23 bits per heavy atom. The number of hydrogen-bond acceptors (Lipinski definition) is 2. The fourth-order valence-electron chi connectivity index (χ4n) is 3.09. The number of benzene rings is 1. The molecule has 140 valence electrons. The third kappa shape index (κ3) is 4.25. The highest BCUT2D eigenvalue weighted by Gasteiger charge is 2.25. The number of guanidine groups is 1. The van der Waals surface area contributed by atoms with E-state index in [0.29, 0.717) is 5.56 Å². The molecule has 1 aromatic heterocycles. The number of nitrogens with two attached hydrogens (primary N) is 2. The highest BCUT2D eigenvalue weighted by atomic mass is 16.5. The first kappa shape index (κ1) is 19.6. The average molecular weight is 356 g/mol. The number of carbonyl (C=O) groups is 1. The molecule has 0 aliphatic rings. The van der Waals surface area contributed by atoms with Gasteiger partial charge in [0, 0.05) is 23.3 Å². The minimum absolute atomic E-state index is 0.123. The molecule has 6 nitrogen and oxygen atoms in total.